The van der Waals surface area contributed by atoms with Crippen LogP contribution < -0.4 is 10.9 Å². The fraction of sp³-hybridized carbons (Fsp3) is 0.182. The smallest absolute Gasteiger partial charge is 0.294 e. The first kappa shape index (κ1) is 9.58. The second-order valence-corrected chi connectivity index (χ2v) is 3.41. The molecule has 0 radical (unpaired) electrons. The summed E-state index contributed by atoms with van der Waals surface area (Å²) in [4.78, 5) is 11.8. The normalized spacial score (nSPS) is 10.3. The number of hydrogen-bond acceptors (Lipinski definition) is 2. The van der Waals surface area contributed by atoms with E-state index in [1.807, 2.05) is 31.2 Å². The lowest BCUT2D eigenvalue weighted by Crippen LogP contribution is -2.16. The van der Waals surface area contributed by atoms with Gasteiger partial charge in [0.1, 0.15) is 5.69 Å². The minimum atomic E-state index is -0.0682. The lowest BCUT2D eigenvalue weighted by Gasteiger charge is -2.01. The van der Waals surface area contributed by atoms with Crippen LogP contribution in [0.3, 0.4) is 0 Å². The van der Waals surface area contributed by atoms with E-state index in [0.717, 1.165) is 5.69 Å². The van der Waals surface area contributed by atoms with Crippen LogP contribution in [0.15, 0.2) is 35.3 Å². The van der Waals surface area contributed by atoms with Crippen LogP contribution in [0.1, 0.15) is 5.56 Å². The Morgan fingerprint density at radius 1 is 1.27 bits per heavy atom. The highest BCUT2D eigenvalue weighted by atomic mass is 16.1. The van der Waals surface area contributed by atoms with Gasteiger partial charge in [-0.2, -0.15) is 0 Å². The molecule has 1 aromatic heterocycles. The van der Waals surface area contributed by atoms with Gasteiger partial charge in [0, 0.05) is 13.2 Å². The van der Waals surface area contributed by atoms with Crippen LogP contribution in [0, 0.1) is 6.92 Å². The second-order valence-electron chi connectivity index (χ2n) is 3.41. The molecule has 0 amide bonds. The minimum Gasteiger partial charge on any atom is -0.382 e. The zero-order valence-corrected chi connectivity index (χ0v) is 8.74. The molecule has 1 heterocycles. The summed E-state index contributed by atoms with van der Waals surface area (Å²) in [5.41, 5.74) is 2.51. The van der Waals surface area contributed by atoms with E-state index in [4.69, 9.17) is 0 Å². The van der Waals surface area contributed by atoms with Crippen molar-refractivity contribution >= 4 is 5.69 Å². The summed E-state index contributed by atoms with van der Waals surface area (Å²) in [5, 5.41) is 5.73. The Balaban J connectivity index is 2.50. The van der Waals surface area contributed by atoms with Crippen molar-refractivity contribution in [2.75, 3.05) is 12.4 Å². The number of hydrogen-bond donors (Lipinski definition) is 2. The van der Waals surface area contributed by atoms with Crippen molar-refractivity contribution in [3.8, 4) is 5.69 Å². The molecule has 0 spiro atoms. The fourth-order valence-corrected chi connectivity index (χ4v) is 1.43. The van der Waals surface area contributed by atoms with Crippen molar-refractivity contribution in [2.24, 2.45) is 0 Å². The van der Waals surface area contributed by atoms with Crippen LogP contribution in [0.5, 0.6) is 0 Å². The topological polar surface area (TPSA) is 49.8 Å². The first-order valence-electron chi connectivity index (χ1n) is 4.77. The van der Waals surface area contributed by atoms with Crippen molar-refractivity contribution in [3.05, 3.63) is 46.4 Å². The number of aromatic nitrogens is 2. The summed E-state index contributed by atoms with van der Waals surface area (Å²) in [7, 11) is 1.73. The molecule has 4 heteroatoms. The zero-order valence-electron chi connectivity index (χ0n) is 8.74. The van der Waals surface area contributed by atoms with Crippen molar-refractivity contribution in [2.45, 2.75) is 6.92 Å². The average molecular weight is 203 g/mol. The Morgan fingerprint density at radius 2 is 1.93 bits per heavy atom. The molecular formula is C11H13N3O. The number of benzene rings is 1. The van der Waals surface area contributed by atoms with Gasteiger partial charge in [0.05, 0.1) is 5.69 Å². The molecule has 0 aliphatic carbocycles. The third-order valence-corrected chi connectivity index (χ3v) is 2.33. The summed E-state index contributed by atoms with van der Waals surface area (Å²) in [6.07, 6.45) is 1.65. The Morgan fingerprint density at radius 3 is 2.47 bits per heavy atom. The Kier molecular flexibility index (Phi) is 2.33. The molecule has 2 rings (SSSR count). The fourth-order valence-electron chi connectivity index (χ4n) is 1.43. The lowest BCUT2D eigenvalue weighted by molar-refractivity contribution is 0.849. The monoisotopic (exact) mass is 203 g/mol. The summed E-state index contributed by atoms with van der Waals surface area (Å²) in [6, 6.07) is 7.77. The summed E-state index contributed by atoms with van der Waals surface area (Å²) >= 11 is 0. The van der Waals surface area contributed by atoms with Gasteiger partial charge in [-0.15, -0.1) is 0 Å². The molecule has 4 nitrogen and oxygen atoms in total. The molecule has 0 saturated heterocycles. The Labute approximate surface area is 87.5 Å². The van der Waals surface area contributed by atoms with E-state index in [1.165, 1.54) is 10.2 Å². The first-order valence-corrected chi connectivity index (χ1v) is 4.77. The molecule has 0 aliphatic heterocycles. The summed E-state index contributed by atoms with van der Waals surface area (Å²) in [5.74, 6) is 0. The van der Waals surface area contributed by atoms with E-state index < -0.39 is 0 Å². The van der Waals surface area contributed by atoms with E-state index in [0.29, 0.717) is 5.69 Å². The van der Waals surface area contributed by atoms with Crippen LogP contribution in [-0.4, -0.2) is 16.8 Å². The average Bonchev–Trinajstić information content (AvgIpc) is 2.61. The molecule has 0 aliphatic rings. The molecule has 0 saturated carbocycles. The van der Waals surface area contributed by atoms with Crippen molar-refractivity contribution < 1.29 is 0 Å². The summed E-state index contributed by atoms with van der Waals surface area (Å²) in [6.45, 7) is 2.01. The third kappa shape index (κ3) is 1.66. The number of rotatable bonds is 2. The Hall–Kier alpha value is -1.97. The van der Waals surface area contributed by atoms with Crippen molar-refractivity contribution in [1.29, 1.82) is 0 Å². The lowest BCUT2D eigenvalue weighted by atomic mass is 10.2. The predicted octanol–water partition coefficient (Wildman–Crippen LogP) is 1.52. The van der Waals surface area contributed by atoms with Crippen molar-refractivity contribution in [1.82, 2.24) is 9.78 Å². The number of aromatic amines is 1. The zero-order chi connectivity index (χ0) is 10.8. The van der Waals surface area contributed by atoms with Gasteiger partial charge in [-0.1, -0.05) is 17.7 Å². The van der Waals surface area contributed by atoms with E-state index >= 15 is 0 Å². The van der Waals surface area contributed by atoms with E-state index in [1.54, 1.807) is 13.2 Å². The van der Waals surface area contributed by atoms with Gasteiger partial charge in [-0.3, -0.25) is 9.89 Å². The number of nitrogens with one attached hydrogen (secondary N) is 2. The van der Waals surface area contributed by atoms with Gasteiger partial charge in [-0.05, 0) is 19.1 Å². The van der Waals surface area contributed by atoms with E-state index in [9.17, 15) is 4.79 Å². The maximum absolute atomic E-state index is 11.8. The standard InChI is InChI=1S/C11H13N3O/c1-8-3-5-9(6-4-8)14-11(15)10(12-2)7-13-14/h3-7,12-13H,1-2H3. The van der Waals surface area contributed by atoms with Gasteiger partial charge in [0.25, 0.3) is 5.56 Å². The van der Waals surface area contributed by atoms with Gasteiger partial charge in [-0.25, -0.2) is 4.68 Å². The molecule has 0 unspecified atom stereocenters. The summed E-state index contributed by atoms with van der Waals surface area (Å²) < 4.78 is 1.51. The van der Waals surface area contributed by atoms with Crippen LogP contribution in [0.25, 0.3) is 5.69 Å². The number of aryl methyl sites for hydroxylation is 1. The molecular weight excluding hydrogens is 190 g/mol. The third-order valence-electron chi connectivity index (χ3n) is 2.33. The van der Waals surface area contributed by atoms with E-state index in [2.05, 4.69) is 10.4 Å². The maximum atomic E-state index is 11.8. The molecule has 0 fully saturated rings. The maximum Gasteiger partial charge on any atom is 0.294 e. The van der Waals surface area contributed by atoms with Gasteiger partial charge in [0.2, 0.25) is 0 Å². The van der Waals surface area contributed by atoms with Crippen molar-refractivity contribution in [3.63, 3.8) is 0 Å². The van der Waals surface area contributed by atoms with Crippen LogP contribution in [0.2, 0.25) is 0 Å². The molecule has 2 aromatic rings. The highest BCUT2D eigenvalue weighted by molar-refractivity contribution is 5.42. The number of nitrogens with zero attached hydrogens (tertiary/aromatic N) is 1. The molecule has 0 atom stereocenters. The van der Waals surface area contributed by atoms with Gasteiger partial charge < -0.3 is 5.32 Å². The first-order chi connectivity index (χ1) is 7.22. The van der Waals surface area contributed by atoms with Crippen LogP contribution >= 0.6 is 0 Å². The quantitative estimate of drug-likeness (QED) is 0.777. The second kappa shape index (κ2) is 3.65. The molecule has 1 aromatic carbocycles. The molecule has 15 heavy (non-hydrogen) atoms. The minimum absolute atomic E-state index is 0.0682. The van der Waals surface area contributed by atoms with Crippen LogP contribution in [-0.2, 0) is 0 Å². The number of anilines is 1. The molecule has 0 bridgehead atoms. The Bertz CT molecular complexity index is 507. The van der Waals surface area contributed by atoms with Crippen LogP contribution in [0.4, 0.5) is 5.69 Å². The predicted molar refractivity (Wildman–Crippen MR) is 60.7 cm³/mol. The van der Waals surface area contributed by atoms with E-state index in [-0.39, 0.29) is 5.56 Å². The van der Waals surface area contributed by atoms with Gasteiger partial charge >= 0.3 is 0 Å². The highest BCUT2D eigenvalue weighted by Crippen LogP contribution is 2.07. The molecule has 2 N–H and O–H groups in total. The largest absolute Gasteiger partial charge is 0.382 e. The van der Waals surface area contributed by atoms with Gasteiger partial charge in [0.15, 0.2) is 0 Å². The highest BCUT2D eigenvalue weighted by Gasteiger charge is 2.04. The molecule has 78 valence electrons. The number of H-pyrrole nitrogens is 1. The SMILES string of the molecule is CNc1c[nH]n(-c2ccc(C)cc2)c1=O.